The standard InChI is InChI=1S/C38H62N8O5/c1-7-11-26-51-37-41-35(34-36(42-37)46(38(49)40-34)29-31-19-15-18-30(27-31)28-33(48)50-6)39-32(47)20-13-12-14-23-45(10-4)25-17-22-43(5)21-16-24-44(8-2)9-3/h15,18-19,27H,7-14,16-17,20-26,28-29H2,1-6H3,(H,40,49)(H,39,41,42,47). The molecule has 0 aliphatic carbocycles. The molecule has 0 saturated carbocycles. The average Bonchev–Trinajstić information content (AvgIpc) is 3.43. The maximum absolute atomic E-state index is 13.2. The van der Waals surface area contributed by atoms with Crippen LogP contribution < -0.4 is 15.7 Å². The number of nitrogens with one attached hydrogen (secondary N) is 2. The minimum Gasteiger partial charge on any atom is -0.469 e. The molecule has 1 aromatic carbocycles. The van der Waals surface area contributed by atoms with Gasteiger partial charge in [0.05, 0.1) is 26.7 Å². The second-order valence-corrected chi connectivity index (χ2v) is 13.2. The molecule has 0 spiro atoms. The Hall–Kier alpha value is -3.81. The van der Waals surface area contributed by atoms with E-state index in [-0.39, 0.29) is 42.4 Å². The van der Waals surface area contributed by atoms with Gasteiger partial charge in [-0.05, 0) is 103 Å². The molecule has 3 aromatic rings. The quantitative estimate of drug-likeness (QED) is 0.0871. The molecular formula is C38H62N8O5. The lowest BCUT2D eigenvalue weighted by molar-refractivity contribution is -0.139. The van der Waals surface area contributed by atoms with Crippen molar-refractivity contribution in [3.05, 3.63) is 45.9 Å². The summed E-state index contributed by atoms with van der Waals surface area (Å²) in [7, 11) is 3.58. The highest BCUT2D eigenvalue weighted by Gasteiger charge is 2.19. The van der Waals surface area contributed by atoms with Crippen molar-refractivity contribution in [2.45, 2.75) is 92.0 Å². The number of esters is 1. The first-order valence-electron chi connectivity index (χ1n) is 18.9. The highest BCUT2D eigenvalue weighted by atomic mass is 16.5. The van der Waals surface area contributed by atoms with Crippen molar-refractivity contribution in [1.29, 1.82) is 0 Å². The van der Waals surface area contributed by atoms with Gasteiger partial charge in [0.2, 0.25) is 5.91 Å². The number of amides is 1. The first-order valence-corrected chi connectivity index (χ1v) is 18.9. The van der Waals surface area contributed by atoms with Gasteiger partial charge in [-0.15, -0.1) is 0 Å². The number of nitrogens with zero attached hydrogens (tertiary/aromatic N) is 6. The van der Waals surface area contributed by atoms with Crippen LogP contribution in [0.1, 0.15) is 90.2 Å². The topological polar surface area (TPSA) is 138 Å². The van der Waals surface area contributed by atoms with E-state index in [1.165, 1.54) is 24.6 Å². The van der Waals surface area contributed by atoms with E-state index in [1.54, 1.807) is 0 Å². The summed E-state index contributed by atoms with van der Waals surface area (Å²) in [5.74, 6) is -0.287. The smallest absolute Gasteiger partial charge is 0.328 e. The fraction of sp³-hybridized carbons (Fsp3) is 0.658. The van der Waals surface area contributed by atoms with Gasteiger partial charge in [0.1, 0.15) is 5.52 Å². The van der Waals surface area contributed by atoms with E-state index < -0.39 is 0 Å². The largest absolute Gasteiger partial charge is 0.469 e. The van der Waals surface area contributed by atoms with Gasteiger partial charge in [-0.25, -0.2) is 4.79 Å². The van der Waals surface area contributed by atoms with Crippen molar-refractivity contribution in [1.82, 2.24) is 34.2 Å². The van der Waals surface area contributed by atoms with Crippen LogP contribution in [0.4, 0.5) is 5.82 Å². The maximum Gasteiger partial charge on any atom is 0.328 e. The Morgan fingerprint density at radius 3 is 2.24 bits per heavy atom. The predicted molar refractivity (Wildman–Crippen MR) is 204 cm³/mol. The maximum atomic E-state index is 13.2. The first kappa shape index (κ1) is 41.6. The second-order valence-electron chi connectivity index (χ2n) is 13.2. The average molecular weight is 711 g/mol. The van der Waals surface area contributed by atoms with Gasteiger partial charge in [-0.1, -0.05) is 64.8 Å². The lowest BCUT2D eigenvalue weighted by Gasteiger charge is -2.23. The molecule has 0 fully saturated rings. The summed E-state index contributed by atoms with van der Waals surface area (Å²) in [4.78, 5) is 57.3. The molecule has 0 unspecified atom stereocenters. The SMILES string of the molecule is CCCCOc1nc(NC(=O)CCCCCN(CC)CCCN(C)CCCN(CC)CC)c2[nH]c(=O)n(Cc3cccc(CC(=O)OC)c3)c2n1. The van der Waals surface area contributed by atoms with Crippen molar-refractivity contribution in [3.8, 4) is 6.01 Å². The molecule has 0 bridgehead atoms. The van der Waals surface area contributed by atoms with Gasteiger partial charge in [-0.2, -0.15) is 9.97 Å². The Labute approximate surface area is 304 Å². The molecule has 2 aromatic heterocycles. The van der Waals surface area contributed by atoms with Crippen LogP contribution in [-0.4, -0.2) is 119 Å². The number of hydrogen-bond acceptors (Lipinski definition) is 10. The van der Waals surface area contributed by atoms with Crippen LogP contribution in [0.5, 0.6) is 6.01 Å². The van der Waals surface area contributed by atoms with E-state index >= 15 is 0 Å². The Morgan fingerprint density at radius 2 is 1.55 bits per heavy atom. The highest BCUT2D eigenvalue weighted by Crippen LogP contribution is 2.22. The number of benzene rings is 1. The molecule has 2 heterocycles. The Balaban J connectivity index is 1.54. The molecular weight excluding hydrogens is 648 g/mol. The second kappa shape index (κ2) is 22.9. The number of hydrogen-bond donors (Lipinski definition) is 2. The number of carbonyl (C=O) groups is 2. The van der Waals surface area contributed by atoms with Crippen molar-refractivity contribution in [3.63, 3.8) is 0 Å². The molecule has 284 valence electrons. The molecule has 2 N–H and O–H groups in total. The molecule has 13 heteroatoms. The Morgan fingerprint density at radius 1 is 0.863 bits per heavy atom. The molecule has 0 radical (unpaired) electrons. The van der Waals surface area contributed by atoms with Crippen molar-refractivity contribution >= 4 is 28.9 Å². The minimum absolute atomic E-state index is 0.101. The first-order chi connectivity index (χ1) is 24.7. The van der Waals surface area contributed by atoms with E-state index in [9.17, 15) is 14.4 Å². The Kier molecular flexibility index (Phi) is 18.7. The van der Waals surface area contributed by atoms with E-state index in [1.807, 2.05) is 24.3 Å². The zero-order valence-corrected chi connectivity index (χ0v) is 32.0. The molecule has 13 nitrogen and oxygen atoms in total. The number of methoxy groups -OCH3 is 1. The van der Waals surface area contributed by atoms with Gasteiger partial charge < -0.3 is 34.5 Å². The van der Waals surface area contributed by atoms with E-state index in [0.29, 0.717) is 24.2 Å². The molecule has 51 heavy (non-hydrogen) atoms. The predicted octanol–water partition coefficient (Wildman–Crippen LogP) is 4.94. The third-order valence-corrected chi connectivity index (χ3v) is 9.25. The van der Waals surface area contributed by atoms with Crippen LogP contribution in [0, 0.1) is 0 Å². The fourth-order valence-electron chi connectivity index (χ4n) is 6.08. The number of unbranched alkanes of at least 4 members (excludes halogenated alkanes) is 3. The molecule has 3 rings (SSSR count). The monoisotopic (exact) mass is 710 g/mol. The number of fused-ring (bicyclic) bond motifs is 1. The molecule has 0 aliphatic rings. The van der Waals surface area contributed by atoms with Crippen molar-refractivity contribution in [2.24, 2.45) is 0 Å². The number of anilines is 1. The molecule has 0 aliphatic heterocycles. The van der Waals surface area contributed by atoms with Gasteiger partial charge in [0.25, 0.3) is 0 Å². The third kappa shape index (κ3) is 14.4. The highest BCUT2D eigenvalue weighted by molar-refractivity contribution is 5.97. The lowest BCUT2D eigenvalue weighted by Crippen LogP contribution is -2.31. The number of imidazole rings is 1. The van der Waals surface area contributed by atoms with E-state index in [4.69, 9.17) is 9.47 Å². The van der Waals surface area contributed by atoms with Crippen molar-refractivity contribution < 1.29 is 19.1 Å². The summed E-state index contributed by atoms with van der Waals surface area (Å²) in [6, 6.07) is 7.51. The normalized spacial score (nSPS) is 11.6. The number of ether oxygens (including phenoxy) is 2. The zero-order valence-electron chi connectivity index (χ0n) is 32.0. The summed E-state index contributed by atoms with van der Waals surface area (Å²) in [5.41, 5.74) is 1.88. The van der Waals surface area contributed by atoms with Gasteiger partial charge in [0.15, 0.2) is 11.5 Å². The summed E-state index contributed by atoms with van der Waals surface area (Å²) >= 11 is 0. The van der Waals surface area contributed by atoms with Crippen LogP contribution in [0.25, 0.3) is 11.2 Å². The minimum atomic E-state index is -0.388. The number of aromatic nitrogens is 4. The third-order valence-electron chi connectivity index (χ3n) is 9.25. The zero-order chi connectivity index (χ0) is 37.0. The number of rotatable bonds is 26. The molecule has 0 atom stereocenters. The van der Waals surface area contributed by atoms with Crippen LogP contribution in [0.2, 0.25) is 0 Å². The summed E-state index contributed by atoms with van der Waals surface area (Å²) in [6.45, 7) is 18.1. The van der Waals surface area contributed by atoms with Gasteiger partial charge in [0, 0.05) is 6.42 Å². The van der Waals surface area contributed by atoms with Crippen LogP contribution >= 0.6 is 0 Å². The molecule has 0 saturated heterocycles. The lowest BCUT2D eigenvalue weighted by atomic mass is 10.1. The van der Waals surface area contributed by atoms with E-state index in [0.717, 1.165) is 95.5 Å². The van der Waals surface area contributed by atoms with E-state index in [2.05, 4.69) is 69.7 Å². The number of carbonyl (C=O) groups excluding carboxylic acids is 2. The number of aromatic amines is 1. The van der Waals surface area contributed by atoms with Gasteiger partial charge in [-0.3, -0.25) is 14.2 Å². The van der Waals surface area contributed by atoms with Crippen LogP contribution in [0.15, 0.2) is 29.1 Å². The van der Waals surface area contributed by atoms with Crippen LogP contribution in [-0.2, 0) is 27.3 Å². The molecule has 1 amide bonds. The fourth-order valence-corrected chi connectivity index (χ4v) is 6.08. The summed E-state index contributed by atoms with van der Waals surface area (Å²) in [6.07, 6.45) is 7.33. The van der Waals surface area contributed by atoms with Crippen LogP contribution in [0.3, 0.4) is 0 Å². The van der Waals surface area contributed by atoms with Gasteiger partial charge >= 0.3 is 17.7 Å². The van der Waals surface area contributed by atoms with Crippen molar-refractivity contribution in [2.75, 3.05) is 78.4 Å². The Bertz CT molecular complexity index is 1540. The number of H-pyrrole nitrogens is 1. The summed E-state index contributed by atoms with van der Waals surface area (Å²) in [5, 5.41) is 2.91. The summed E-state index contributed by atoms with van der Waals surface area (Å²) < 4.78 is 12.1.